The molecule has 2 N–H and O–H groups in total. The molecule has 0 bridgehead atoms. The fraction of sp³-hybridized carbons (Fsp3) is 0.562. The Hall–Kier alpha value is -1.91. The Labute approximate surface area is 125 Å². The van der Waals surface area contributed by atoms with Gasteiger partial charge in [0.2, 0.25) is 0 Å². The van der Waals surface area contributed by atoms with Crippen molar-refractivity contribution in [1.82, 2.24) is 10.6 Å². The number of fused-ring (bicyclic) bond motifs is 1. The Kier molecular flexibility index (Phi) is 3.90. The monoisotopic (exact) mass is 290 g/mol. The first-order valence-corrected chi connectivity index (χ1v) is 7.70. The maximum absolute atomic E-state index is 12.0. The van der Waals surface area contributed by atoms with Gasteiger partial charge in [0.25, 0.3) is 0 Å². The Balaban J connectivity index is 1.66. The van der Waals surface area contributed by atoms with Gasteiger partial charge < -0.3 is 20.1 Å². The summed E-state index contributed by atoms with van der Waals surface area (Å²) in [7, 11) is 0. The van der Waals surface area contributed by atoms with E-state index < -0.39 is 0 Å². The largest absolute Gasteiger partial charge is 0.486 e. The first-order valence-electron chi connectivity index (χ1n) is 7.70. The molecule has 1 heterocycles. The van der Waals surface area contributed by atoms with Gasteiger partial charge in [-0.25, -0.2) is 4.79 Å². The molecule has 1 aromatic carbocycles. The van der Waals surface area contributed by atoms with E-state index in [2.05, 4.69) is 17.6 Å². The van der Waals surface area contributed by atoms with Gasteiger partial charge >= 0.3 is 6.03 Å². The third kappa shape index (κ3) is 3.06. The highest BCUT2D eigenvalue weighted by molar-refractivity contribution is 5.75. The number of rotatable bonds is 5. The minimum absolute atomic E-state index is 0.0872. The molecular formula is C16H22N2O3. The first kappa shape index (κ1) is 14.0. The van der Waals surface area contributed by atoms with Crippen LogP contribution in [0, 0.1) is 0 Å². The van der Waals surface area contributed by atoms with E-state index in [0.717, 1.165) is 49.3 Å². The summed E-state index contributed by atoms with van der Waals surface area (Å²) >= 11 is 0. The van der Waals surface area contributed by atoms with Crippen LogP contribution in [0.3, 0.4) is 0 Å². The van der Waals surface area contributed by atoms with E-state index in [9.17, 15) is 4.79 Å². The molecule has 2 aliphatic rings. The summed E-state index contributed by atoms with van der Waals surface area (Å²) in [5.74, 6) is 1.56. The van der Waals surface area contributed by atoms with Crippen molar-refractivity contribution >= 4 is 6.03 Å². The molecule has 3 rings (SSSR count). The van der Waals surface area contributed by atoms with E-state index in [0.29, 0.717) is 13.2 Å². The van der Waals surface area contributed by atoms with Crippen LogP contribution in [-0.4, -0.2) is 25.8 Å². The standard InChI is InChI=1S/C16H22N2O3/c1-2-3-8-17-15(19)18-16(6-7-16)12-4-5-13-14(11-12)21-10-9-20-13/h4-5,11H,2-3,6-10H2,1H3,(H2,17,18,19). The van der Waals surface area contributed by atoms with Gasteiger partial charge in [0.05, 0.1) is 5.54 Å². The summed E-state index contributed by atoms with van der Waals surface area (Å²) in [6.45, 7) is 4.00. The van der Waals surface area contributed by atoms with Crippen molar-refractivity contribution in [2.75, 3.05) is 19.8 Å². The van der Waals surface area contributed by atoms with E-state index in [4.69, 9.17) is 9.47 Å². The minimum Gasteiger partial charge on any atom is -0.486 e. The highest BCUT2D eigenvalue weighted by atomic mass is 16.6. The lowest BCUT2D eigenvalue weighted by atomic mass is 10.0. The van der Waals surface area contributed by atoms with Crippen LogP contribution in [0.5, 0.6) is 11.5 Å². The average Bonchev–Trinajstić information content (AvgIpc) is 3.28. The number of unbranched alkanes of at least 4 members (excludes halogenated alkanes) is 1. The number of hydrogen-bond acceptors (Lipinski definition) is 3. The van der Waals surface area contributed by atoms with Crippen LogP contribution in [0.1, 0.15) is 38.2 Å². The number of hydrogen-bond donors (Lipinski definition) is 2. The molecule has 1 fully saturated rings. The van der Waals surface area contributed by atoms with Crippen molar-refractivity contribution in [3.8, 4) is 11.5 Å². The maximum Gasteiger partial charge on any atom is 0.315 e. The first-order chi connectivity index (χ1) is 10.2. The SMILES string of the molecule is CCCCNC(=O)NC1(c2ccc3c(c2)OCCO3)CC1. The van der Waals surface area contributed by atoms with Crippen LogP contribution in [0.15, 0.2) is 18.2 Å². The predicted molar refractivity (Wildman–Crippen MR) is 79.8 cm³/mol. The van der Waals surface area contributed by atoms with Crippen molar-refractivity contribution in [3.05, 3.63) is 23.8 Å². The molecule has 1 aromatic rings. The molecule has 1 aliphatic carbocycles. The van der Waals surface area contributed by atoms with Crippen molar-refractivity contribution in [2.24, 2.45) is 0 Å². The molecule has 0 atom stereocenters. The number of carbonyl (C=O) groups excluding carboxylic acids is 1. The second-order valence-corrected chi connectivity index (χ2v) is 5.67. The molecule has 114 valence electrons. The molecule has 5 nitrogen and oxygen atoms in total. The lowest BCUT2D eigenvalue weighted by molar-refractivity contribution is 0.171. The summed E-state index contributed by atoms with van der Waals surface area (Å²) in [5, 5.41) is 6.01. The van der Waals surface area contributed by atoms with Gasteiger partial charge in [-0.15, -0.1) is 0 Å². The number of amides is 2. The molecule has 0 aromatic heterocycles. The van der Waals surface area contributed by atoms with Gasteiger partial charge in [-0.2, -0.15) is 0 Å². The van der Waals surface area contributed by atoms with Crippen molar-refractivity contribution in [3.63, 3.8) is 0 Å². The molecule has 5 heteroatoms. The molecule has 1 aliphatic heterocycles. The molecule has 0 radical (unpaired) electrons. The fourth-order valence-electron chi connectivity index (χ4n) is 2.59. The zero-order chi connectivity index (χ0) is 14.7. The van der Waals surface area contributed by atoms with Gasteiger partial charge in [0.1, 0.15) is 13.2 Å². The van der Waals surface area contributed by atoms with Crippen molar-refractivity contribution < 1.29 is 14.3 Å². The minimum atomic E-state index is -0.230. The van der Waals surface area contributed by atoms with Crippen LogP contribution in [-0.2, 0) is 5.54 Å². The number of urea groups is 1. The molecule has 21 heavy (non-hydrogen) atoms. The number of ether oxygens (including phenoxy) is 2. The van der Waals surface area contributed by atoms with E-state index in [1.165, 1.54) is 0 Å². The third-order valence-corrected chi connectivity index (χ3v) is 4.01. The second-order valence-electron chi connectivity index (χ2n) is 5.67. The Morgan fingerprint density at radius 2 is 2.00 bits per heavy atom. The fourth-order valence-corrected chi connectivity index (χ4v) is 2.59. The quantitative estimate of drug-likeness (QED) is 0.819. The lowest BCUT2D eigenvalue weighted by Gasteiger charge is -2.23. The van der Waals surface area contributed by atoms with E-state index in [1.807, 2.05) is 18.2 Å². The molecule has 0 spiro atoms. The van der Waals surface area contributed by atoms with E-state index >= 15 is 0 Å². The third-order valence-electron chi connectivity index (χ3n) is 4.01. The second kappa shape index (κ2) is 5.84. The van der Waals surface area contributed by atoms with Gasteiger partial charge in [-0.3, -0.25) is 0 Å². The van der Waals surface area contributed by atoms with Crippen molar-refractivity contribution in [2.45, 2.75) is 38.1 Å². The number of carbonyl (C=O) groups is 1. The summed E-state index contributed by atoms with van der Waals surface area (Å²) < 4.78 is 11.2. The smallest absolute Gasteiger partial charge is 0.315 e. The van der Waals surface area contributed by atoms with Gasteiger partial charge in [-0.05, 0) is 37.0 Å². The number of benzene rings is 1. The van der Waals surface area contributed by atoms with Gasteiger partial charge in [0, 0.05) is 6.54 Å². The van der Waals surface area contributed by atoms with Crippen LogP contribution in [0.2, 0.25) is 0 Å². The summed E-state index contributed by atoms with van der Waals surface area (Å²) in [6.07, 6.45) is 4.01. The highest BCUT2D eigenvalue weighted by Crippen LogP contribution is 2.47. The topological polar surface area (TPSA) is 59.6 Å². The average molecular weight is 290 g/mol. The molecule has 0 unspecified atom stereocenters. The van der Waals surface area contributed by atoms with Gasteiger partial charge in [0.15, 0.2) is 11.5 Å². The van der Waals surface area contributed by atoms with E-state index in [-0.39, 0.29) is 11.6 Å². The van der Waals surface area contributed by atoms with Crippen molar-refractivity contribution in [1.29, 1.82) is 0 Å². The van der Waals surface area contributed by atoms with Crippen LogP contribution < -0.4 is 20.1 Å². The van der Waals surface area contributed by atoms with Crippen LogP contribution in [0.4, 0.5) is 4.79 Å². The molecule has 1 saturated carbocycles. The summed E-state index contributed by atoms with van der Waals surface area (Å²) in [6, 6.07) is 5.86. The Morgan fingerprint density at radius 3 is 2.71 bits per heavy atom. The summed E-state index contributed by atoms with van der Waals surface area (Å²) in [5.41, 5.74) is 0.865. The zero-order valence-electron chi connectivity index (χ0n) is 12.4. The molecule has 2 amide bonds. The van der Waals surface area contributed by atoms with Crippen LogP contribution in [0.25, 0.3) is 0 Å². The van der Waals surface area contributed by atoms with Gasteiger partial charge in [-0.1, -0.05) is 19.4 Å². The van der Waals surface area contributed by atoms with E-state index in [1.54, 1.807) is 0 Å². The normalized spacial score (nSPS) is 18.0. The lowest BCUT2D eigenvalue weighted by Crippen LogP contribution is -2.42. The Bertz CT molecular complexity index is 526. The molecular weight excluding hydrogens is 268 g/mol. The van der Waals surface area contributed by atoms with Crippen LogP contribution >= 0.6 is 0 Å². The number of nitrogens with one attached hydrogen (secondary N) is 2. The predicted octanol–water partition coefficient (Wildman–Crippen LogP) is 2.55. The zero-order valence-corrected chi connectivity index (χ0v) is 12.4. The summed E-state index contributed by atoms with van der Waals surface area (Å²) in [4.78, 5) is 12.0. The highest BCUT2D eigenvalue weighted by Gasteiger charge is 2.46. The maximum atomic E-state index is 12.0. The molecule has 0 saturated heterocycles. The Morgan fingerprint density at radius 1 is 1.24 bits per heavy atom.